The fourth-order valence-electron chi connectivity index (χ4n) is 3.39. The van der Waals surface area contributed by atoms with Crippen LogP contribution in [-0.4, -0.2) is 0 Å². The van der Waals surface area contributed by atoms with Gasteiger partial charge in [-0.15, -0.1) is 0 Å². The molecule has 0 aromatic carbocycles. The molecule has 2 radical (unpaired) electrons. The van der Waals surface area contributed by atoms with Gasteiger partial charge in [0.25, 0.3) is 0 Å². The van der Waals surface area contributed by atoms with E-state index in [1.54, 1.807) is 0 Å². The molecule has 0 saturated heterocycles. The van der Waals surface area contributed by atoms with Gasteiger partial charge in [0.15, 0.2) is 0 Å². The molecule has 0 aliphatic heterocycles. The summed E-state index contributed by atoms with van der Waals surface area (Å²) in [5.74, 6) is 0. The zero-order chi connectivity index (χ0) is 17.6. The summed E-state index contributed by atoms with van der Waals surface area (Å²) in [6.07, 6.45) is 32.4. The van der Waals surface area contributed by atoms with E-state index in [0.717, 1.165) is 6.42 Å². The molecule has 0 amide bonds. The Morgan fingerprint density at radius 3 is 1.00 bits per heavy atom. The van der Waals surface area contributed by atoms with Gasteiger partial charge < -0.3 is 0 Å². The van der Waals surface area contributed by atoms with Crippen molar-refractivity contribution in [3.8, 4) is 0 Å². The second-order valence-electron chi connectivity index (χ2n) is 7.48. The lowest BCUT2D eigenvalue weighted by Crippen LogP contribution is -1.84. The Hall–Kier alpha value is -0.260. The van der Waals surface area contributed by atoms with Crippen molar-refractivity contribution in [2.45, 2.75) is 128 Å². The number of rotatable bonds is 20. The summed E-state index contributed by atoms with van der Waals surface area (Å²) in [7, 11) is 0. The minimum absolute atomic E-state index is 1.12. The van der Waals surface area contributed by atoms with E-state index < -0.39 is 0 Å². The van der Waals surface area contributed by atoms with Crippen LogP contribution in [0.25, 0.3) is 0 Å². The van der Waals surface area contributed by atoms with E-state index >= 15 is 0 Å². The first-order chi connectivity index (χ1) is 11.9. The summed E-state index contributed by atoms with van der Waals surface area (Å²) in [6.45, 7) is 7.62. The first-order valence-electron chi connectivity index (χ1n) is 11.1. The molecule has 142 valence electrons. The molecule has 0 aliphatic rings. The molecular weight excluding hydrogens is 288 g/mol. The maximum atomic E-state index is 3.90. The summed E-state index contributed by atoms with van der Waals surface area (Å²) in [6, 6.07) is 0. The van der Waals surface area contributed by atoms with Crippen molar-refractivity contribution in [1.82, 2.24) is 0 Å². The predicted molar refractivity (Wildman–Crippen MR) is 112 cm³/mol. The quantitative estimate of drug-likeness (QED) is 0.195. The Kier molecular flexibility index (Phi) is 22.5. The Balaban J connectivity index is 2.95. The van der Waals surface area contributed by atoms with E-state index in [0.29, 0.717) is 0 Å². The summed E-state index contributed by atoms with van der Waals surface area (Å²) in [5.41, 5.74) is 0. The van der Waals surface area contributed by atoms with E-state index in [1.807, 2.05) is 6.08 Å². The van der Waals surface area contributed by atoms with Crippen molar-refractivity contribution in [2.24, 2.45) is 0 Å². The van der Waals surface area contributed by atoms with E-state index in [-0.39, 0.29) is 0 Å². The monoisotopic (exact) mass is 334 g/mol. The minimum atomic E-state index is 1.12. The highest BCUT2D eigenvalue weighted by Gasteiger charge is 1.95. The molecule has 0 nitrogen and oxygen atoms in total. The fourth-order valence-corrected chi connectivity index (χ4v) is 3.39. The maximum absolute atomic E-state index is 3.90. The molecule has 0 heterocycles. The van der Waals surface area contributed by atoms with E-state index in [2.05, 4.69) is 19.9 Å². The van der Waals surface area contributed by atoms with Gasteiger partial charge in [0, 0.05) is 0 Å². The van der Waals surface area contributed by atoms with Gasteiger partial charge in [0.2, 0.25) is 0 Å². The smallest absolute Gasteiger partial charge is 0.0316 e. The molecule has 0 N–H and O–H groups in total. The first kappa shape index (κ1) is 23.7. The van der Waals surface area contributed by atoms with E-state index in [4.69, 9.17) is 0 Å². The van der Waals surface area contributed by atoms with Crippen LogP contribution in [0.4, 0.5) is 0 Å². The third-order valence-corrected chi connectivity index (χ3v) is 5.04. The van der Waals surface area contributed by atoms with Crippen molar-refractivity contribution in [3.63, 3.8) is 0 Å². The highest BCUT2D eigenvalue weighted by Crippen LogP contribution is 2.14. The van der Waals surface area contributed by atoms with Crippen LogP contribution in [-0.2, 0) is 0 Å². The van der Waals surface area contributed by atoms with Crippen LogP contribution in [0.15, 0.2) is 12.2 Å². The van der Waals surface area contributed by atoms with Crippen LogP contribution in [0, 0.1) is 13.8 Å². The molecule has 0 saturated carbocycles. The topological polar surface area (TPSA) is 0 Å². The lowest BCUT2D eigenvalue weighted by molar-refractivity contribution is 0.524. The van der Waals surface area contributed by atoms with Crippen molar-refractivity contribution >= 4 is 0 Å². The molecule has 0 unspecified atom stereocenters. The van der Waals surface area contributed by atoms with Crippen LogP contribution >= 0.6 is 0 Å². The Labute approximate surface area is 154 Å². The van der Waals surface area contributed by atoms with Gasteiger partial charge in [-0.1, -0.05) is 135 Å². The van der Waals surface area contributed by atoms with Crippen molar-refractivity contribution in [3.05, 3.63) is 26.0 Å². The van der Waals surface area contributed by atoms with Gasteiger partial charge in [-0.25, -0.2) is 0 Å². The Morgan fingerprint density at radius 2 is 0.708 bits per heavy atom. The summed E-state index contributed by atoms with van der Waals surface area (Å²) >= 11 is 0. The predicted octanol–water partition coefficient (Wildman–Crippen LogP) is 9.01. The standard InChI is InChI=1S/C24H46/c1-3-5-7-9-11-13-15-17-19-21-23-24-22-20-18-16-14-12-10-8-6-4-2/h3,5H,1-2,4,6-24H2/b5-3+. The van der Waals surface area contributed by atoms with Crippen LogP contribution < -0.4 is 0 Å². The first-order valence-corrected chi connectivity index (χ1v) is 11.1. The zero-order valence-corrected chi connectivity index (χ0v) is 16.7. The van der Waals surface area contributed by atoms with Crippen LogP contribution in [0.1, 0.15) is 128 Å². The molecule has 24 heavy (non-hydrogen) atoms. The molecule has 0 bridgehead atoms. The van der Waals surface area contributed by atoms with Gasteiger partial charge in [-0.3, -0.25) is 0 Å². The van der Waals surface area contributed by atoms with Crippen molar-refractivity contribution in [2.75, 3.05) is 0 Å². The number of unbranched alkanes of at least 4 members (excludes halogenated alkanes) is 19. The van der Waals surface area contributed by atoms with Crippen LogP contribution in [0.3, 0.4) is 0 Å². The molecule has 0 fully saturated rings. The fraction of sp³-hybridized carbons (Fsp3) is 0.833. The minimum Gasteiger partial charge on any atom is -0.0885 e. The number of hydrogen-bond donors (Lipinski definition) is 0. The second kappa shape index (κ2) is 22.7. The molecule has 0 atom stereocenters. The highest BCUT2D eigenvalue weighted by molar-refractivity contribution is 4.83. The molecule has 0 aromatic heterocycles. The third-order valence-electron chi connectivity index (χ3n) is 5.04. The van der Waals surface area contributed by atoms with Crippen LogP contribution in [0.5, 0.6) is 0 Å². The SMILES string of the molecule is [CH2]/C=C/CCCCCCCCCCCCCCCCCCCC[CH2]. The van der Waals surface area contributed by atoms with Gasteiger partial charge in [-0.2, -0.15) is 0 Å². The van der Waals surface area contributed by atoms with Crippen molar-refractivity contribution < 1.29 is 0 Å². The van der Waals surface area contributed by atoms with Gasteiger partial charge in [-0.05, 0) is 19.8 Å². The molecule has 0 aliphatic carbocycles. The third kappa shape index (κ3) is 21.7. The molecule has 0 spiro atoms. The number of allylic oxidation sites excluding steroid dienone is 2. The van der Waals surface area contributed by atoms with E-state index in [1.165, 1.54) is 122 Å². The normalized spacial score (nSPS) is 11.6. The largest absolute Gasteiger partial charge is 0.0885 e. The second-order valence-corrected chi connectivity index (χ2v) is 7.48. The zero-order valence-electron chi connectivity index (χ0n) is 16.7. The van der Waals surface area contributed by atoms with Gasteiger partial charge >= 0.3 is 0 Å². The average molecular weight is 335 g/mol. The Bertz CT molecular complexity index is 228. The maximum Gasteiger partial charge on any atom is -0.0316 e. The average Bonchev–Trinajstić information content (AvgIpc) is 2.60. The molecule has 0 aromatic rings. The molecule has 0 rings (SSSR count). The van der Waals surface area contributed by atoms with Gasteiger partial charge in [0.05, 0.1) is 0 Å². The highest BCUT2D eigenvalue weighted by atomic mass is 14.0. The molecule has 0 heteroatoms. The van der Waals surface area contributed by atoms with Gasteiger partial charge in [0.1, 0.15) is 0 Å². The van der Waals surface area contributed by atoms with E-state index in [9.17, 15) is 0 Å². The summed E-state index contributed by atoms with van der Waals surface area (Å²) in [4.78, 5) is 0. The lowest BCUT2D eigenvalue weighted by Gasteiger charge is -2.03. The van der Waals surface area contributed by atoms with Crippen LogP contribution in [0.2, 0.25) is 0 Å². The lowest BCUT2D eigenvalue weighted by atomic mass is 10.0. The Morgan fingerprint density at radius 1 is 0.417 bits per heavy atom. The summed E-state index contributed by atoms with van der Waals surface area (Å²) in [5, 5.41) is 0. The molecular formula is C24H46. The number of hydrogen-bond acceptors (Lipinski definition) is 0. The summed E-state index contributed by atoms with van der Waals surface area (Å²) < 4.78 is 0. The van der Waals surface area contributed by atoms with Crippen molar-refractivity contribution in [1.29, 1.82) is 0 Å².